The lowest BCUT2D eigenvalue weighted by molar-refractivity contribution is 0.102. The number of hydrogen-bond donors (Lipinski definition) is 2. The van der Waals surface area contributed by atoms with Gasteiger partial charge in [-0.3, -0.25) is 4.79 Å². The van der Waals surface area contributed by atoms with E-state index < -0.39 is 0 Å². The van der Waals surface area contributed by atoms with E-state index in [0.717, 1.165) is 11.3 Å². The van der Waals surface area contributed by atoms with Crippen molar-refractivity contribution in [2.75, 3.05) is 11.9 Å². The van der Waals surface area contributed by atoms with Gasteiger partial charge < -0.3 is 10.4 Å². The number of amides is 1. The summed E-state index contributed by atoms with van der Waals surface area (Å²) in [5, 5.41) is 15.1. The maximum atomic E-state index is 11.8. The van der Waals surface area contributed by atoms with Crippen LogP contribution in [0.5, 0.6) is 0 Å². The highest BCUT2D eigenvalue weighted by Crippen LogP contribution is 2.12. The number of anilines is 1. The molecule has 1 aromatic carbocycles. The van der Waals surface area contributed by atoms with Gasteiger partial charge in [-0.1, -0.05) is 11.8 Å². The Labute approximate surface area is 115 Å². The summed E-state index contributed by atoms with van der Waals surface area (Å²) in [7, 11) is 0. The molecule has 0 aliphatic heterocycles. The number of benzene rings is 1. The van der Waals surface area contributed by atoms with Crippen LogP contribution < -0.4 is 5.32 Å². The zero-order valence-corrected chi connectivity index (χ0v) is 11.0. The van der Waals surface area contributed by atoms with Crippen LogP contribution in [0.4, 0.5) is 5.69 Å². The SMILES string of the molecule is O=C(Nc1ccc(C#CCCO)cc1)c1ccsc1. The zero-order valence-electron chi connectivity index (χ0n) is 10.2. The van der Waals surface area contributed by atoms with E-state index in [1.165, 1.54) is 11.3 Å². The summed E-state index contributed by atoms with van der Waals surface area (Å²) in [5.74, 6) is 5.67. The summed E-state index contributed by atoms with van der Waals surface area (Å²) in [6.45, 7) is 0.0712. The lowest BCUT2D eigenvalue weighted by Crippen LogP contribution is -2.10. The van der Waals surface area contributed by atoms with Crippen molar-refractivity contribution in [1.82, 2.24) is 0 Å². The molecule has 0 unspecified atom stereocenters. The first-order valence-corrected chi connectivity index (χ1v) is 6.77. The van der Waals surface area contributed by atoms with Gasteiger partial charge >= 0.3 is 0 Å². The Kier molecular flexibility index (Phi) is 4.73. The van der Waals surface area contributed by atoms with E-state index in [1.807, 2.05) is 35.0 Å². The van der Waals surface area contributed by atoms with E-state index in [9.17, 15) is 4.79 Å². The first-order chi connectivity index (χ1) is 9.29. The standard InChI is InChI=1S/C15H13NO2S/c17-9-2-1-3-12-4-6-14(7-5-12)16-15(18)13-8-10-19-11-13/h4-8,10-11,17H,2,9H2,(H,16,18). The number of aliphatic hydroxyl groups is 1. The predicted octanol–water partition coefficient (Wildman–Crippen LogP) is 2.73. The quantitative estimate of drug-likeness (QED) is 0.843. The van der Waals surface area contributed by atoms with Crippen LogP contribution in [0.25, 0.3) is 0 Å². The fourth-order valence-corrected chi connectivity index (χ4v) is 2.09. The minimum Gasteiger partial charge on any atom is -0.395 e. The van der Waals surface area contributed by atoms with Crippen LogP contribution in [0, 0.1) is 11.8 Å². The molecule has 1 amide bonds. The molecule has 0 fully saturated rings. The third-order valence-electron chi connectivity index (χ3n) is 2.40. The highest BCUT2D eigenvalue weighted by atomic mass is 32.1. The van der Waals surface area contributed by atoms with Gasteiger partial charge in [0.2, 0.25) is 0 Å². The molecule has 2 aromatic rings. The fraction of sp³-hybridized carbons (Fsp3) is 0.133. The summed E-state index contributed by atoms with van der Waals surface area (Å²) < 4.78 is 0. The number of rotatable bonds is 3. The minimum absolute atomic E-state index is 0.0712. The van der Waals surface area contributed by atoms with E-state index in [4.69, 9.17) is 5.11 Å². The number of thiophene rings is 1. The number of carbonyl (C=O) groups is 1. The molecule has 2 N–H and O–H groups in total. The molecule has 4 heteroatoms. The molecule has 0 aliphatic carbocycles. The van der Waals surface area contributed by atoms with Gasteiger partial charge in [0.05, 0.1) is 12.2 Å². The number of nitrogens with one attached hydrogen (secondary N) is 1. The molecule has 1 heterocycles. The molecule has 19 heavy (non-hydrogen) atoms. The fourth-order valence-electron chi connectivity index (χ4n) is 1.45. The highest BCUT2D eigenvalue weighted by Gasteiger charge is 2.05. The molecule has 0 saturated heterocycles. The monoisotopic (exact) mass is 271 g/mol. The Morgan fingerprint density at radius 1 is 1.26 bits per heavy atom. The van der Waals surface area contributed by atoms with Crippen molar-refractivity contribution in [2.45, 2.75) is 6.42 Å². The van der Waals surface area contributed by atoms with Gasteiger partial charge in [0.25, 0.3) is 5.91 Å². The molecule has 0 spiro atoms. The predicted molar refractivity (Wildman–Crippen MR) is 77.3 cm³/mol. The van der Waals surface area contributed by atoms with Crippen molar-refractivity contribution in [3.05, 3.63) is 52.2 Å². The van der Waals surface area contributed by atoms with E-state index in [0.29, 0.717) is 12.0 Å². The normalized spacial score (nSPS) is 9.53. The molecule has 2 rings (SSSR count). The third kappa shape index (κ3) is 3.95. The van der Waals surface area contributed by atoms with Gasteiger partial charge in [-0.2, -0.15) is 11.3 Å². The first kappa shape index (κ1) is 13.3. The maximum Gasteiger partial charge on any atom is 0.256 e. The van der Waals surface area contributed by atoms with Gasteiger partial charge in [-0.05, 0) is 35.7 Å². The van der Waals surface area contributed by atoms with Crippen LogP contribution >= 0.6 is 11.3 Å². The smallest absolute Gasteiger partial charge is 0.256 e. The van der Waals surface area contributed by atoms with E-state index in [1.54, 1.807) is 6.07 Å². The van der Waals surface area contributed by atoms with Crippen LogP contribution in [-0.4, -0.2) is 17.6 Å². The molecule has 1 aromatic heterocycles. The summed E-state index contributed by atoms with van der Waals surface area (Å²) >= 11 is 1.49. The molecule has 96 valence electrons. The van der Waals surface area contributed by atoms with E-state index in [-0.39, 0.29) is 12.5 Å². The Balaban J connectivity index is 1.99. The molecule has 0 aliphatic rings. The molecular weight excluding hydrogens is 258 g/mol. The average molecular weight is 271 g/mol. The second kappa shape index (κ2) is 6.74. The molecule has 0 bridgehead atoms. The van der Waals surface area contributed by atoms with Gasteiger partial charge in [0.15, 0.2) is 0 Å². The Bertz CT molecular complexity index is 591. The van der Waals surface area contributed by atoms with Crippen molar-refractivity contribution in [1.29, 1.82) is 0 Å². The Hall–Kier alpha value is -2.09. The first-order valence-electron chi connectivity index (χ1n) is 5.83. The summed E-state index contributed by atoms with van der Waals surface area (Å²) in [4.78, 5) is 11.8. The van der Waals surface area contributed by atoms with Crippen LogP contribution in [0.2, 0.25) is 0 Å². The van der Waals surface area contributed by atoms with Crippen molar-refractivity contribution >= 4 is 22.9 Å². The average Bonchev–Trinajstić information content (AvgIpc) is 2.95. The van der Waals surface area contributed by atoms with Gasteiger partial charge in [-0.25, -0.2) is 0 Å². The summed E-state index contributed by atoms with van der Waals surface area (Å²) in [6.07, 6.45) is 0.469. The maximum absolute atomic E-state index is 11.8. The zero-order chi connectivity index (χ0) is 13.5. The highest BCUT2D eigenvalue weighted by molar-refractivity contribution is 7.08. The van der Waals surface area contributed by atoms with Crippen LogP contribution in [0.1, 0.15) is 22.3 Å². The van der Waals surface area contributed by atoms with Gasteiger partial charge in [0, 0.05) is 23.1 Å². The molecule has 0 radical (unpaired) electrons. The van der Waals surface area contributed by atoms with Crippen molar-refractivity contribution in [2.24, 2.45) is 0 Å². The second-order valence-corrected chi connectivity index (χ2v) is 4.60. The molecule has 0 atom stereocenters. The van der Waals surface area contributed by atoms with Crippen LogP contribution in [0.3, 0.4) is 0 Å². The van der Waals surface area contributed by atoms with E-state index >= 15 is 0 Å². The Morgan fingerprint density at radius 3 is 2.68 bits per heavy atom. The van der Waals surface area contributed by atoms with Crippen molar-refractivity contribution in [3.63, 3.8) is 0 Å². The van der Waals surface area contributed by atoms with Gasteiger partial charge in [-0.15, -0.1) is 0 Å². The van der Waals surface area contributed by atoms with Crippen molar-refractivity contribution < 1.29 is 9.90 Å². The minimum atomic E-state index is -0.111. The molecular formula is C15H13NO2S. The largest absolute Gasteiger partial charge is 0.395 e. The lowest BCUT2D eigenvalue weighted by atomic mass is 10.2. The van der Waals surface area contributed by atoms with Crippen LogP contribution in [-0.2, 0) is 0 Å². The lowest BCUT2D eigenvalue weighted by Gasteiger charge is -2.03. The second-order valence-electron chi connectivity index (χ2n) is 3.82. The third-order valence-corrected chi connectivity index (χ3v) is 3.08. The van der Waals surface area contributed by atoms with Crippen LogP contribution in [0.15, 0.2) is 41.1 Å². The number of carbonyl (C=O) groups excluding carboxylic acids is 1. The molecule has 0 saturated carbocycles. The number of aliphatic hydroxyl groups excluding tert-OH is 1. The summed E-state index contributed by atoms with van der Waals surface area (Å²) in [5.41, 5.74) is 2.27. The van der Waals surface area contributed by atoms with Crippen molar-refractivity contribution in [3.8, 4) is 11.8 Å². The molecule has 3 nitrogen and oxygen atoms in total. The topological polar surface area (TPSA) is 49.3 Å². The summed E-state index contributed by atoms with van der Waals surface area (Å²) in [6, 6.07) is 9.09. The van der Waals surface area contributed by atoms with Gasteiger partial charge in [0.1, 0.15) is 0 Å². The number of hydrogen-bond acceptors (Lipinski definition) is 3. The van der Waals surface area contributed by atoms with E-state index in [2.05, 4.69) is 17.2 Å². The Morgan fingerprint density at radius 2 is 2.05 bits per heavy atom.